The van der Waals surface area contributed by atoms with Gasteiger partial charge in [-0.05, 0) is 22.0 Å². The highest BCUT2D eigenvalue weighted by atomic mass is 79.9. The first-order valence-corrected chi connectivity index (χ1v) is 6.51. The molecule has 18 heavy (non-hydrogen) atoms. The van der Waals surface area contributed by atoms with Gasteiger partial charge in [0, 0.05) is 35.6 Å². The van der Waals surface area contributed by atoms with Gasteiger partial charge < -0.3 is 14.6 Å². The fraction of sp³-hybridized carbons (Fsp3) is 0.308. The average molecular weight is 311 g/mol. The molecule has 2 aliphatic heterocycles. The molecule has 0 spiro atoms. The van der Waals surface area contributed by atoms with Gasteiger partial charge in [-0.2, -0.15) is 0 Å². The lowest BCUT2D eigenvalue weighted by Gasteiger charge is -2.12. The van der Waals surface area contributed by atoms with E-state index < -0.39 is 5.97 Å². The third-order valence-corrected chi connectivity index (χ3v) is 4.01. The van der Waals surface area contributed by atoms with E-state index in [1.807, 2.05) is 0 Å². The first kappa shape index (κ1) is 11.6. The molecule has 1 N–H and O–H groups in total. The van der Waals surface area contributed by atoms with E-state index in [2.05, 4.69) is 15.9 Å². The highest BCUT2D eigenvalue weighted by molar-refractivity contribution is 9.10. The number of benzene rings is 1. The minimum atomic E-state index is -0.961. The fourth-order valence-electron chi connectivity index (χ4n) is 2.42. The van der Waals surface area contributed by atoms with Gasteiger partial charge in [-0.15, -0.1) is 0 Å². The Kier molecular flexibility index (Phi) is 2.78. The number of fused-ring (bicyclic) bond motifs is 2. The van der Waals surface area contributed by atoms with Crippen LogP contribution in [0.25, 0.3) is 6.08 Å². The zero-order valence-corrected chi connectivity index (χ0v) is 11.1. The summed E-state index contributed by atoms with van der Waals surface area (Å²) in [6, 6.07) is 0. The summed E-state index contributed by atoms with van der Waals surface area (Å²) in [5, 5.41) is 8.76. The molecule has 0 unspecified atom stereocenters. The summed E-state index contributed by atoms with van der Waals surface area (Å²) in [5.74, 6) is 0.672. The molecule has 0 atom stereocenters. The van der Waals surface area contributed by atoms with Crippen molar-refractivity contribution in [1.29, 1.82) is 0 Å². The summed E-state index contributed by atoms with van der Waals surface area (Å²) in [5.41, 5.74) is 2.95. The largest absolute Gasteiger partial charge is 0.492 e. The Hall–Kier alpha value is -1.49. The van der Waals surface area contributed by atoms with Crippen LogP contribution in [0.15, 0.2) is 10.5 Å². The van der Waals surface area contributed by atoms with Gasteiger partial charge in [0.15, 0.2) is 0 Å². The van der Waals surface area contributed by atoms with Crippen molar-refractivity contribution in [2.75, 3.05) is 13.2 Å². The first-order chi connectivity index (χ1) is 8.68. The molecule has 94 valence electrons. The summed E-state index contributed by atoms with van der Waals surface area (Å²) in [6.07, 6.45) is 4.35. The third kappa shape index (κ3) is 1.70. The van der Waals surface area contributed by atoms with Crippen LogP contribution < -0.4 is 9.47 Å². The molecule has 3 rings (SSSR count). The second-order valence-corrected chi connectivity index (χ2v) is 5.00. The van der Waals surface area contributed by atoms with Crippen LogP contribution in [-0.4, -0.2) is 24.3 Å². The minimum Gasteiger partial charge on any atom is -0.492 e. The topological polar surface area (TPSA) is 55.8 Å². The van der Waals surface area contributed by atoms with Gasteiger partial charge in [-0.3, -0.25) is 0 Å². The number of carbonyl (C=O) groups is 1. The van der Waals surface area contributed by atoms with Crippen LogP contribution in [-0.2, 0) is 17.6 Å². The monoisotopic (exact) mass is 310 g/mol. The molecular formula is C13H11BrO4. The highest BCUT2D eigenvalue weighted by Gasteiger charge is 2.29. The molecule has 0 radical (unpaired) electrons. The van der Waals surface area contributed by atoms with E-state index in [1.54, 1.807) is 6.08 Å². The van der Waals surface area contributed by atoms with E-state index in [1.165, 1.54) is 0 Å². The van der Waals surface area contributed by atoms with E-state index in [9.17, 15) is 4.79 Å². The van der Waals surface area contributed by atoms with Crippen LogP contribution in [0.3, 0.4) is 0 Å². The van der Waals surface area contributed by atoms with E-state index in [-0.39, 0.29) is 0 Å². The zero-order chi connectivity index (χ0) is 12.7. The van der Waals surface area contributed by atoms with Gasteiger partial charge in [0.2, 0.25) is 0 Å². The normalized spacial score (nSPS) is 16.3. The maximum Gasteiger partial charge on any atom is 0.328 e. The Morgan fingerprint density at radius 3 is 2.56 bits per heavy atom. The number of halogens is 1. The van der Waals surface area contributed by atoms with Crippen LogP contribution >= 0.6 is 15.9 Å². The Morgan fingerprint density at radius 2 is 1.83 bits per heavy atom. The van der Waals surface area contributed by atoms with E-state index in [0.717, 1.165) is 51.6 Å². The maximum atomic E-state index is 10.7. The number of rotatable bonds is 2. The summed E-state index contributed by atoms with van der Waals surface area (Å²) >= 11 is 3.55. The summed E-state index contributed by atoms with van der Waals surface area (Å²) < 4.78 is 12.2. The molecule has 0 saturated carbocycles. The van der Waals surface area contributed by atoms with Crippen molar-refractivity contribution in [3.05, 3.63) is 27.2 Å². The van der Waals surface area contributed by atoms with E-state index in [4.69, 9.17) is 14.6 Å². The Balaban J connectivity index is 2.21. The standard InChI is InChI=1S/C13H11BrO4/c14-11-9-4-6-17-12(9)7(1-2-10(15)16)8-3-5-18-13(8)11/h1-2H,3-6H2,(H,15,16)/b2-1+. The smallest absolute Gasteiger partial charge is 0.328 e. The second-order valence-electron chi connectivity index (χ2n) is 4.21. The quantitative estimate of drug-likeness (QED) is 0.852. The number of ether oxygens (including phenoxy) is 2. The molecule has 2 aliphatic rings. The maximum absolute atomic E-state index is 10.7. The molecule has 5 heteroatoms. The number of carboxylic acids is 1. The minimum absolute atomic E-state index is 0.630. The van der Waals surface area contributed by atoms with Crippen LogP contribution in [0.4, 0.5) is 0 Å². The van der Waals surface area contributed by atoms with Crippen LogP contribution in [0.2, 0.25) is 0 Å². The molecule has 1 aromatic rings. The van der Waals surface area contributed by atoms with Crippen LogP contribution in [0.1, 0.15) is 16.7 Å². The molecule has 4 nitrogen and oxygen atoms in total. The lowest BCUT2D eigenvalue weighted by Crippen LogP contribution is -1.94. The third-order valence-electron chi connectivity index (χ3n) is 3.17. The SMILES string of the molecule is O=C(O)/C=C/c1c2c(c(Br)c3c1OCC3)OCC2. The second kappa shape index (κ2) is 4.31. The molecule has 0 aromatic heterocycles. The van der Waals surface area contributed by atoms with Crippen molar-refractivity contribution in [2.24, 2.45) is 0 Å². The van der Waals surface area contributed by atoms with Gasteiger partial charge in [0.05, 0.1) is 17.7 Å². The number of hydrogen-bond acceptors (Lipinski definition) is 3. The number of hydrogen-bond donors (Lipinski definition) is 1. The summed E-state index contributed by atoms with van der Waals surface area (Å²) in [4.78, 5) is 10.7. The predicted molar refractivity (Wildman–Crippen MR) is 69.2 cm³/mol. The molecule has 0 fully saturated rings. The van der Waals surface area contributed by atoms with Gasteiger partial charge >= 0.3 is 5.97 Å². The Labute approximate surface area is 112 Å². The van der Waals surface area contributed by atoms with Crippen molar-refractivity contribution < 1.29 is 19.4 Å². The molecule has 2 heterocycles. The lowest BCUT2D eigenvalue weighted by atomic mass is 9.99. The zero-order valence-electron chi connectivity index (χ0n) is 9.53. The number of aliphatic carboxylic acids is 1. The Bertz CT molecular complexity index is 528. The fourth-order valence-corrected chi connectivity index (χ4v) is 3.15. The van der Waals surface area contributed by atoms with E-state index in [0.29, 0.717) is 13.2 Å². The molecule has 0 bridgehead atoms. The van der Waals surface area contributed by atoms with Crippen molar-refractivity contribution in [3.8, 4) is 11.5 Å². The number of carboxylic acid groups (broad SMARTS) is 1. The van der Waals surface area contributed by atoms with Crippen molar-refractivity contribution in [1.82, 2.24) is 0 Å². The molecule has 1 aromatic carbocycles. The van der Waals surface area contributed by atoms with Crippen molar-refractivity contribution >= 4 is 28.0 Å². The summed E-state index contributed by atoms with van der Waals surface area (Å²) in [6.45, 7) is 1.26. The van der Waals surface area contributed by atoms with E-state index >= 15 is 0 Å². The van der Waals surface area contributed by atoms with Gasteiger partial charge in [0.25, 0.3) is 0 Å². The van der Waals surface area contributed by atoms with Crippen molar-refractivity contribution in [2.45, 2.75) is 12.8 Å². The van der Waals surface area contributed by atoms with Crippen molar-refractivity contribution in [3.63, 3.8) is 0 Å². The van der Waals surface area contributed by atoms with Crippen LogP contribution in [0.5, 0.6) is 11.5 Å². The molecule has 0 saturated heterocycles. The van der Waals surface area contributed by atoms with Gasteiger partial charge in [-0.25, -0.2) is 4.79 Å². The highest BCUT2D eigenvalue weighted by Crippen LogP contribution is 2.47. The average Bonchev–Trinajstić information content (AvgIpc) is 2.95. The first-order valence-electron chi connectivity index (χ1n) is 5.72. The lowest BCUT2D eigenvalue weighted by molar-refractivity contribution is -0.131. The van der Waals surface area contributed by atoms with Gasteiger partial charge in [-0.1, -0.05) is 0 Å². The molecule has 0 aliphatic carbocycles. The summed E-state index contributed by atoms with van der Waals surface area (Å²) in [7, 11) is 0. The predicted octanol–water partition coefficient (Wildman–Crippen LogP) is 2.42. The Morgan fingerprint density at radius 1 is 1.17 bits per heavy atom. The van der Waals surface area contributed by atoms with Gasteiger partial charge in [0.1, 0.15) is 11.5 Å². The van der Waals surface area contributed by atoms with Crippen LogP contribution in [0, 0.1) is 0 Å². The molecule has 0 amide bonds. The molecular weight excluding hydrogens is 300 g/mol.